The third-order valence-electron chi connectivity index (χ3n) is 3.06. The minimum atomic E-state index is -0.472. The molecule has 0 fully saturated rings. The zero-order chi connectivity index (χ0) is 15.4. The van der Waals surface area contributed by atoms with Crippen molar-refractivity contribution in [2.24, 2.45) is 0 Å². The van der Waals surface area contributed by atoms with Gasteiger partial charge in [0.05, 0.1) is 6.42 Å². The minimum absolute atomic E-state index is 0.101. The molecular formula is C16H14BrClFNO. The predicted octanol–water partition coefficient (Wildman–Crippen LogP) is 5.12. The number of halogens is 3. The summed E-state index contributed by atoms with van der Waals surface area (Å²) in [6.07, 6.45) is -0.101. The molecule has 0 aromatic heterocycles. The SMILES string of the molecule is CC(Br)c1ccccc1NC(=O)Cc1c(F)cccc1Cl. The van der Waals surface area contributed by atoms with Crippen molar-refractivity contribution in [1.82, 2.24) is 0 Å². The highest BCUT2D eigenvalue weighted by molar-refractivity contribution is 9.09. The molecule has 0 aliphatic rings. The van der Waals surface area contributed by atoms with Crippen LogP contribution in [-0.4, -0.2) is 5.91 Å². The summed E-state index contributed by atoms with van der Waals surface area (Å²) < 4.78 is 13.7. The number of rotatable bonds is 4. The standard InChI is InChI=1S/C16H14BrClFNO/c1-10(17)11-5-2-3-8-15(11)20-16(21)9-12-13(18)6-4-7-14(12)19/h2-8,10H,9H2,1H3,(H,20,21). The number of benzene rings is 2. The van der Waals surface area contributed by atoms with Crippen molar-refractivity contribution in [3.05, 3.63) is 64.4 Å². The summed E-state index contributed by atoms with van der Waals surface area (Å²) in [5, 5.41) is 3.06. The van der Waals surface area contributed by atoms with E-state index >= 15 is 0 Å². The van der Waals surface area contributed by atoms with Crippen LogP contribution in [-0.2, 0) is 11.2 Å². The summed E-state index contributed by atoms with van der Waals surface area (Å²) in [5.74, 6) is -0.776. The average Bonchev–Trinajstić information content (AvgIpc) is 2.43. The lowest BCUT2D eigenvalue weighted by Crippen LogP contribution is -2.16. The highest BCUT2D eigenvalue weighted by Crippen LogP contribution is 2.29. The molecule has 0 spiro atoms. The molecule has 0 saturated carbocycles. The molecule has 0 saturated heterocycles. The van der Waals surface area contributed by atoms with Crippen LogP contribution in [0.15, 0.2) is 42.5 Å². The van der Waals surface area contributed by atoms with Crippen LogP contribution in [0, 0.1) is 5.82 Å². The first-order chi connectivity index (χ1) is 9.99. The first-order valence-corrected chi connectivity index (χ1v) is 7.74. The van der Waals surface area contributed by atoms with Gasteiger partial charge in [0.25, 0.3) is 0 Å². The van der Waals surface area contributed by atoms with Crippen molar-refractivity contribution >= 4 is 39.1 Å². The molecule has 0 bridgehead atoms. The van der Waals surface area contributed by atoms with E-state index < -0.39 is 5.82 Å². The molecule has 1 atom stereocenters. The molecular weight excluding hydrogens is 357 g/mol. The van der Waals surface area contributed by atoms with Crippen molar-refractivity contribution in [2.45, 2.75) is 18.2 Å². The van der Waals surface area contributed by atoms with Crippen LogP contribution in [0.5, 0.6) is 0 Å². The summed E-state index contributed by atoms with van der Waals surface area (Å²) in [4.78, 5) is 12.2. The first kappa shape index (κ1) is 16.0. The van der Waals surface area contributed by atoms with E-state index in [1.807, 2.05) is 31.2 Å². The van der Waals surface area contributed by atoms with Crippen molar-refractivity contribution in [1.29, 1.82) is 0 Å². The first-order valence-electron chi connectivity index (χ1n) is 6.44. The number of hydrogen-bond donors (Lipinski definition) is 1. The Kier molecular flexibility index (Phi) is 5.37. The van der Waals surface area contributed by atoms with Crippen molar-refractivity contribution in [3.63, 3.8) is 0 Å². The largest absolute Gasteiger partial charge is 0.326 e. The van der Waals surface area contributed by atoms with Crippen LogP contribution in [0.25, 0.3) is 0 Å². The van der Waals surface area contributed by atoms with Gasteiger partial charge in [0, 0.05) is 21.1 Å². The number of carbonyl (C=O) groups is 1. The topological polar surface area (TPSA) is 29.1 Å². The summed E-state index contributed by atoms with van der Waals surface area (Å²) in [6, 6.07) is 11.9. The number of anilines is 1. The zero-order valence-corrected chi connectivity index (χ0v) is 13.7. The molecule has 110 valence electrons. The zero-order valence-electron chi connectivity index (χ0n) is 11.4. The Bertz CT molecular complexity index is 640. The smallest absolute Gasteiger partial charge is 0.228 e. The van der Waals surface area contributed by atoms with Gasteiger partial charge in [0.1, 0.15) is 5.82 Å². The maximum Gasteiger partial charge on any atom is 0.228 e. The van der Waals surface area contributed by atoms with Gasteiger partial charge in [-0.1, -0.05) is 51.8 Å². The number of alkyl halides is 1. The molecule has 2 aromatic carbocycles. The Morgan fingerprint density at radius 1 is 1.29 bits per heavy atom. The van der Waals surface area contributed by atoms with Crippen molar-refractivity contribution < 1.29 is 9.18 Å². The third-order valence-corrected chi connectivity index (χ3v) is 3.91. The molecule has 0 heterocycles. The lowest BCUT2D eigenvalue weighted by molar-refractivity contribution is -0.115. The molecule has 21 heavy (non-hydrogen) atoms. The quantitative estimate of drug-likeness (QED) is 0.744. The number of para-hydroxylation sites is 1. The van der Waals surface area contributed by atoms with E-state index in [4.69, 9.17) is 11.6 Å². The van der Waals surface area contributed by atoms with E-state index in [1.165, 1.54) is 12.1 Å². The van der Waals surface area contributed by atoms with E-state index in [0.717, 1.165) is 5.56 Å². The second kappa shape index (κ2) is 7.05. The molecule has 0 radical (unpaired) electrons. The van der Waals surface area contributed by atoms with Crippen LogP contribution >= 0.6 is 27.5 Å². The van der Waals surface area contributed by atoms with E-state index in [2.05, 4.69) is 21.2 Å². The van der Waals surface area contributed by atoms with Crippen molar-refractivity contribution in [3.8, 4) is 0 Å². The predicted molar refractivity (Wildman–Crippen MR) is 87.5 cm³/mol. The van der Waals surface area contributed by atoms with Gasteiger partial charge in [-0.3, -0.25) is 4.79 Å². The van der Waals surface area contributed by atoms with E-state index in [1.54, 1.807) is 6.07 Å². The van der Waals surface area contributed by atoms with E-state index in [9.17, 15) is 9.18 Å². The molecule has 1 N–H and O–H groups in total. The summed E-state index contributed by atoms with van der Waals surface area (Å²) >= 11 is 9.41. The van der Waals surface area contributed by atoms with Gasteiger partial charge in [0.15, 0.2) is 0 Å². The summed E-state index contributed by atoms with van der Waals surface area (Å²) in [6.45, 7) is 1.97. The molecule has 0 aliphatic carbocycles. The number of carbonyl (C=O) groups excluding carboxylic acids is 1. The van der Waals surface area contributed by atoms with Gasteiger partial charge in [-0.05, 0) is 30.7 Å². The lowest BCUT2D eigenvalue weighted by Gasteiger charge is -2.13. The number of amides is 1. The fraction of sp³-hybridized carbons (Fsp3) is 0.188. The highest BCUT2D eigenvalue weighted by Gasteiger charge is 2.14. The van der Waals surface area contributed by atoms with Gasteiger partial charge in [-0.2, -0.15) is 0 Å². The van der Waals surface area contributed by atoms with Gasteiger partial charge in [0.2, 0.25) is 5.91 Å². The third kappa shape index (κ3) is 4.05. The highest BCUT2D eigenvalue weighted by atomic mass is 79.9. The van der Waals surface area contributed by atoms with Crippen LogP contribution in [0.2, 0.25) is 5.02 Å². The van der Waals surface area contributed by atoms with Gasteiger partial charge in [-0.15, -0.1) is 0 Å². The van der Waals surface area contributed by atoms with Gasteiger partial charge in [-0.25, -0.2) is 4.39 Å². The molecule has 5 heteroatoms. The molecule has 2 aromatic rings. The fourth-order valence-corrected chi connectivity index (χ4v) is 2.64. The number of hydrogen-bond acceptors (Lipinski definition) is 1. The molecule has 2 rings (SSSR count). The van der Waals surface area contributed by atoms with Crippen LogP contribution < -0.4 is 5.32 Å². The fourth-order valence-electron chi connectivity index (χ4n) is 2.01. The summed E-state index contributed by atoms with van der Waals surface area (Å²) in [7, 11) is 0. The number of nitrogens with one attached hydrogen (secondary N) is 1. The molecule has 1 amide bonds. The monoisotopic (exact) mass is 369 g/mol. The Balaban J connectivity index is 2.16. The average molecular weight is 371 g/mol. The van der Waals surface area contributed by atoms with Crippen LogP contribution in [0.4, 0.5) is 10.1 Å². The van der Waals surface area contributed by atoms with E-state index in [0.29, 0.717) is 5.69 Å². The minimum Gasteiger partial charge on any atom is -0.326 e. The maximum absolute atomic E-state index is 13.7. The molecule has 2 nitrogen and oxygen atoms in total. The Hall–Kier alpha value is -1.39. The van der Waals surface area contributed by atoms with Crippen molar-refractivity contribution in [2.75, 3.05) is 5.32 Å². The van der Waals surface area contributed by atoms with Crippen LogP contribution in [0.3, 0.4) is 0 Å². The maximum atomic E-state index is 13.7. The lowest BCUT2D eigenvalue weighted by atomic mass is 10.1. The second-order valence-electron chi connectivity index (χ2n) is 4.63. The van der Waals surface area contributed by atoms with Gasteiger partial charge < -0.3 is 5.32 Å². The van der Waals surface area contributed by atoms with E-state index in [-0.39, 0.29) is 27.7 Å². The second-order valence-corrected chi connectivity index (χ2v) is 6.41. The Morgan fingerprint density at radius 3 is 2.67 bits per heavy atom. The molecule has 1 unspecified atom stereocenters. The van der Waals surface area contributed by atoms with Crippen LogP contribution in [0.1, 0.15) is 22.9 Å². The normalized spacial score (nSPS) is 12.0. The van der Waals surface area contributed by atoms with Gasteiger partial charge >= 0.3 is 0 Å². The Labute approximate surface area is 136 Å². The summed E-state index contributed by atoms with van der Waals surface area (Å²) in [5.41, 5.74) is 1.88. The molecule has 0 aliphatic heterocycles. The Morgan fingerprint density at radius 2 is 2.00 bits per heavy atom.